The van der Waals surface area contributed by atoms with Crippen molar-refractivity contribution in [3.8, 4) is 11.4 Å². The number of aromatic nitrogens is 3. The Balaban J connectivity index is 1.41. The van der Waals surface area contributed by atoms with E-state index < -0.39 is 5.60 Å². The van der Waals surface area contributed by atoms with Crippen molar-refractivity contribution in [2.75, 3.05) is 5.73 Å². The van der Waals surface area contributed by atoms with Gasteiger partial charge in [-0.05, 0) is 61.9 Å². The average Bonchev–Trinajstić information content (AvgIpc) is 3.08. The Labute approximate surface area is 193 Å². The van der Waals surface area contributed by atoms with Crippen LogP contribution >= 0.6 is 0 Å². The van der Waals surface area contributed by atoms with Gasteiger partial charge in [-0.2, -0.15) is 0 Å². The average molecular weight is 442 g/mol. The summed E-state index contributed by atoms with van der Waals surface area (Å²) in [6, 6.07) is 13.9. The van der Waals surface area contributed by atoms with Gasteiger partial charge >= 0.3 is 6.09 Å². The molecule has 2 N–H and O–H groups in total. The fourth-order valence-corrected chi connectivity index (χ4v) is 4.93. The van der Waals surface area contributed by atoms with Crippen molar-refractivity contribution in [1.29, 1.82) is 0 Å². The molecule has 2 aliphatic rings. The number of rotatable bonds is 4. The number of nitrogen functional groups attached to an aromatic ring is 1. The minimum Gasteiger partial charge on any atom is -0.441 e. The second-order valence-electron chi connectivity index (χ2n) is 9.08. The van der Waals surface area contributed by atoms with Crippen molar-refractivity contribution >= 4 is 17.5 Å². The molecule has 3 aromatic rings. The lowest BCUT2D eigenvalue weighted by Gasteiger charge is -2.36. The standard InChI is InChI=1S/C26H27N5O2/c1-26(2)22(18-7-4-3-5-8-18)31(25(32)33-26)20-11-9-17(10-12-20)19-15-21(23(27)30-16-19)24-28-13-6-14-29-24/h3-9,13-16,20,22H,10-12H2,1-2H3,(H2,27,30)/t20-,22+/m1/s1. The number of ether oxygens (including phenoxy) is 1. The van der Waals surface area contributed by atoms with E-state index in [0.29, 0.717) is 11.6 Å². The highest BCUT2D eigenvalue weighted by molar-refractivity contribution is 5.76. The molecule has 0 unspecified atom stereocenters. The van der Waals surface area contributed by atoms with E-state index in [9.17, 15) is 4.79 Å². The van der Waals surface area contributed by atoms with Crippen LogP contribution < -0.4 is 5.73 Å². The number of hydrogen-bond acceptors (Lipinski definition) is 6. The maximum atomic E-state index is 12.9. The van der Waals surface area contributed by atoms with Crippen molar-refractivity contribution in [2.24, 2.45) is 0 Å². The predicted molar refractivity (Wildman–Crippen MR) is 127 cm³/mol. The molecular weight excluding hydrogens is 414 g/mol. The van der Waals surface area contributed by atoms with Crippen molar-refractivity contribution in [3.05, 3.63) is 78.3 Å². The number of cyclic esters (lactones) is 1. The summed E-state index contributed by atoms with van der Waals surface area (Å²) in [5, 5.41) is 0. The van der Waals surface area contributed by atoms with Crippen molar-refractivity contribution in [3.63, 3.8) is 0 Å². The first-order valence-electron chi connectivity index (χ1n) is 11.2. The van der Waals surface area contributed by atoms with Crippen LogP contribution in [-0.4, -0.2) is 37.6 Å². The van der Waals surface area contributed by atoms with Crippen LogP contribution in [0.1, 0.15) is 50.3 Å². The van der Waals surface area contributed by atoms with E-state index in [1.807, 2.05) is 43.0 Å². The van der Waals surface area contributed by atoms with Crippen LogP contribution in [0.5, 0.6) is 0 Å². The first-order valence-corrected chi connectivity index (χ1v) is 11.2. The molecule has 0 saturated carbocycles. The van der Waals surface area contributed by atoms with Crippen molar-refractivity contribution in [1.82, 2.24) is 19.9 Å². The lowest BCUT2D eigenvalue weighted by molar-refractivity contribution is 0.0668. The number of anilines is 1. The molecule has 3 heterocycles. The van der Waals surface area contributed by atoms with Gasteiger partial charge in [-0.15, -0.1) is 0 Å². The second kappa shape index (κ2) is 8.31. The molecule has 1 aliphatic carbocycles. The van der Waals surface area contributed by atoms with Gasteiger partial charge in [0.05, 0.1) is 11.6 Å². The third-order valence-electron chi connectivity index (χ3n) is 6.49. The molecule has 2 atom stereocenters. The smallest absolute Gasteiger partial charge is 0.411 e. The Morgan fingerprint density at radius 2 is 1.85 bits per heavy atom. The van der Waals surface area contributed by atoms with E-state index in [-0.39, 0.29) is 18.2 Å². The number of amides is 1. The lowest BCUT2D eigenvalue weighted by Crippen LogP contribution is -2.41. The largest absolute Gasteiger partial charge is 0.441 e. The maximum absolute atomic E-state index is 12.9. The summed E-state index contributed by atoms with van der Waals surface area (Å²) >= 11 is 0. The Bertz CT molecular complexity index is 1190. The van der Waals surface area contributed by atoms with Gasteiger partial charge in [0, 0.05) is 24.6 Å². The highest BCUT2D eigenvalue weighted by Crippen LogP contribution is 2.45. The molecule has 1 amide bonds. The fourth-order valence-electron chi connectivity index (χ4n) is 4.93. The Kier molecular flexibility index (Phi) is 5.32. The number of benzene rings is 1. The number of nitrogens with zero attached hydrogens (tertiary/aromatic N) is 4. The van der Waals surface area contributed by atoms with Crippen LogP contribution in [0.2, 0.25) is 0 Å². The summed E-state index contributed by atoms with van der Waals surface area (Å²) in [4.78, 5) is 27.9. The first kappa shape index (κ1) is 21.1. The number of nitrogens with two attached hydrogens (primary N) is 1. The monoisotopic (exact) mass is 441 g/mol. The van der Waals surface area contributed by atoms with Gasteiger partial charge in [-0.1, -0.05) is 36.4 Å². The van der Waals surface area contributed by atoms with Crippen LogP contribution in [0.25, 0.3) is 17.0 Å². The van der Waals surface area contributed by atoms with Gasteiger partial charge in [-0.3, -0.25) is 4.90 Å². The van der Waals surface area contributed by atoms with Crippen LogP contribution in [-0.2, 0) is 4.74 Å². The van der Waals surface area contributed by atoms with E-state index >= 15 is 0 Å². The summed E-state index contributed by atoms with van der Waals surface area (Å²) in [5.74, 6) is 0.971. The van der Waals surface area contributed by atoms with Crippen LogP contribution in [0.15, 0.2) is 67.1 Å². The van der Waals surface area contributed by atoms with Crippen LogP contribution in [0, 0.1) is 0 Å². The molecule has 0 spiro atoms. The van der Waals surface area contributed by atoms with Gasteiger partial charge < -0.3 is 10.5 Å². The SMILES string of the molecule is CC1(C)OC(=O)N([C@@H]2CC=C(c3cnc(N)c(-c4ncccn4)c3)CC2)[C@H]1c1ccccc1. The Morgan fingerprint density at radius 1 is 1.09 bits per heavy atom. The van der Waals surface area contributed by atoms with E-state index in [1.54, 1.807) is 24.7 Å². The normalized spacial score (nSPS) is 22.1. The fraction of sp³-hybridized carbons (Fsp3) is 0.308. The van der Waals surface area contributed by atoms with Gasteiger partial charge in [0.25, 0.3) is 0 Å². The van der Waals surface area contributed by atoms with Crippen molar-refractivity contribution < 1.29 is 9.53 Å². The zero-order valence-electron chi connectivity index (χ0n) is 18.8. The van der Waals surface area contributed by atoms with Crippen molar-refractivity contribution in [2.45, 2.75) is 50.8 Å². The quantitative estimate of drug-likeness (QED) is 0.610. The molecule has 0 bridgehead atoms. The third kappa shape index (κ3) is 3.95. The van der Waals surface area contributed by atoms with E-state index in [0.717, 1.165) is 36.0 Å². The molecule has 0 radical (unpaired) electrons. The minimum atomic E-state index is -0.589. The number of carbonyl (C=O) groups is 1. The molecule has 7 nitrogen and oxygen atoms in total. The zero-order valence-corrected chi connectivity index (χ0v) is 18.8. The molecule has 7 heteroatoms. The number of hydrogen-bond donors (Lipinski definition) is 1. The molecule has 1 aromatic carbocycles. The summed E-state index contributed by atoms with van der Waals surface area (Å²) < 4.78 is 5.80. The molecule has 5 rings (SSSR count). The molecule has 2 aromatic heterocycles. The maximum Gasteiger partial charge on any atom is 0.411 e. The van der Waals surface area contributed by atoms with Crippen LogP contribution in [0.4, 0.5) is 10.6 Å². The highest BCUT2D eigenvalue weighted by atomic mass is 16.6. The number of carbonyl (C=O) groups excluding carboxylic acids is 1. The second-order valence-corrected chi connectivity index (χ2v) is 9.08. The van der Waals surface area contributed by atoms with Gasteiger partial charge in [0.1, 0.15) is 11.4 Å². The molecule has 168 valence electrons. The minimum absolute atomic E-state index is 0.0758. The van der Waals surface area contributed by atoms with E-state index in [4.69, 9.17) is 10.5 Å². The van der Waals surface area contributed by atoms with Crippen LogP contribution in [0.3, 0.4) is 0 Å². The van der Waals surface area contributed by atoms with E-state index in [1.165, 1.54) is 5.57 Å². The summed E-state index contributed by atoms with van der Waals surface area (Å²) in [5.41, 5.74) is 9.53. The molecular formula is C26H27N5O2. The summed E-state index contributed by atoms with van der Waals surface area (Å²) in [6.07, 6.45) is 9.58. The summed E-state index contributed by atoms with van der Waals surface area (Å²) in [6.45, 7) is 3.97. The predicted octanol–water partition coefficient (Wildman–Crippen LogP) is 5.03. The molecule has 33 heavy (non-hydrogen) atoms. The lowest BCUT2D eigenvalue weighted by atomic mass is 9.86. The van der Waals surface area contributed by atoms with Gasteiger partial charge in [-0.25, -0.2) is 19.7 Å². The third-order valence-corrected chi connectivity index (χ3v) is 6.49. The molecule has 1 saturated heterocycles. The topological polar surface area (TPSA) is 94.2 Å². The molecule has 1 fully saturated rings. The Hall–Kier alpha value is -3.74. The summed E-state index contributed by atoms with van der Waals surface area (Å²) in [7, 11) is 0. The number of pyridine rings is 1. The highest BCUT2D eigenvalue weighted by Gasteiger charge is 2.50. The molecule has 1 aliphatic heterocycles. The van der Waals surface area contributed by atoms with E-state index in [2.05, 4.69) is 33.2 Å². The zero-order chi connectivity index (χ0) is 23.0. The van der Waals surface area contributed by atoms with Gasteiger partial charge in [0.2, 0.25) is 0 Å². The first-order chi connectivity index (χ1) is 15.9. The Morgan fingerprint density at radius 3 is 2.55 bits per heavy atom. The number of allylic oxidation sites excluding steroid dienone is 1. The van der Waals surface area contributed by atoms with Gasteiger partial charge in [0.15, 0.2) is 5.82 Å².